The van der Waals surface area contributed by atoms with Crippen LogP contribution in [0.15, 0.2) is 145 Å². The van der Waals surface area contributed by atoms with Crippen LogP contribution in [0.4, 0.5) is 35.9 Å². The Labute approximate surface area is 861 Å². The van der Waals surface area contributed by atoms with Gasteiger partial charge in [-0.1, -0.05) is 156 Å². The molecular weight excluding hydrogens is 1930 g/mol. The number of aromatic amines is 3. The normalized spacial score (nSPS) is 17.7. The van der Waals surface area contributed by atoms with Gasteiger partial charge in [0.05, 0.1) is 171 Å². The van der Waals surface area contributed by atoms with E-state index in [2.05, 4.69) is 89.3 Å². The summed E-state index contributed by atoms with van der Waals surface area (Å²) in [7, 11) is 1.54. The van der Waals surface area contributed by atoms with Crippen LogP contribution in [0.2, 0.25) is 15.1 Å². The maximum absolute atomic E-state index is 18.0. The SMILES string of the molecule is C=CC(=O)N1CC2C(=O)N(C)c3c(c4cc(Cl)c(-c5c(C)ccc6[nH]cnc56)c(F)c4n(-c4c(C(C)C)ncnc4C(C)C)c3=O)N2CC1C.C=CC(=O)N1CC2CCOc3c(c4cc(Cl)c(-c5c(C)ccc6[nH]cnc56)c(F)c4n(-c4c(C(C)C)ncnc4C(C)C)c3=O)N2CC1C.C=CC(=O)N1CC2CCc3c(c4cc(Cl)c(-c5c(C)ccc6[nH]cnc56)c(F)c4n(-c4c(C(C)C)ncnc4C(C)C)c3=O)N2CC1C. The van der Waals surface area contributed by atoms with Crippen LogP contribution < -0.4 is 41.0 Å². The number of piperazine rings is 3. The highest BCUT2D eigenvalue weighted by Crippen LogP contribution is 2.53. The van der Waals surface area contributed by atoms with Crippen LogP contribution in [0.3, 0.4) is 0 Å². The fourth-order valence-electron chi connectivity index (χ4n) is 22.8. The Morgan fingerprint density at radius 3 is 1.10 bits per heavy atom. The number of benzene rings is 6. The van der Waals surface area contributed by atoms with Gasteiger partial charge in [-0.25, -0.2) is 58.0 Å². The van der Waals surface area contributed by atoms with Gasteiger partial charge in [0.2, 0.25) is 23.5 Å². The maximum atomic E-state index is 18.0. The minimum Gasteiger partial charge on any atom is -0.486 e. The molecule has 0 aliphatic carbocycles. The lowest BCUT2D eigenvalue weighted by molar-refractivity contribution is -0.131. The summed E-state index contributed by atoms with van der Waals surface area (Å²) in [5.74, 6) is -3.56. The predicted molar refractivity (Wildman–Crippen MR) is 574 cm³/mol. The molecule has 0 spiro atoms. The molecule has 3 saturated heterocycles. The number of anilines is 4. The monoisotopic (exact) mass is 2050 g/mol. The molecule has 30 nitrogen and oxygen atoms in total. The van der Waals surface area contributed by atoms with Gasteiger partial charge >= 0.3 is 0 Å². The Balaban J connectivity index is 0.000000139. The molecule has 147 heavy (non-hydrogen) atoms. The second-order valence-corrected chi connectivity index (χ2v) is 42.2. The molecule has 0 radical (unpaired) electrons. The smallest absolute Gasteiger partial charge is 0.300 e. The number of likely N-dealkylation sites (N-methyl/N-ethyl adjacent to an activating group) is 1. The Bertz CT molecular complexity index is 8180. The van der Waals surface area contributed by atoms with Gasteiger partial charge < -0.3 is 54.0 Å². The van der Waals surface area contributed by atoms with Crippen molar-refractivity contribution >= 4 is 147 Å². The summed E-state index contributed by atoms with van der Waals surface area (Å²) in [6.07, 6.45) is 14.7. The highest BCUT2D eigenvalue weighted by molar-refractivity contribution is 6.37. The zero-order chi connectivity index (χ0) is 105. The number of H-pyrrole nitrogens is 3. The number of hydrogen-bond donors (Lipinski definition) is 3. The van der Waals surface area contributed by atoms with E-state index in [1.807, 2.05) is 171 Å². The molecule has 15 aromatic rings. The van der Waals surface area contributed by atoms with Gasteiger partial charge in [-0.2, -0.15) is 0 Å². The van der Waals surface area contributed by atoms with Crippen molar-refractivity contribution in [3.05, 3.63) is 251 Å². The van der Waals surface area contributed by atoms with Crippen molar-refractivity contribution in [2.75, 3.05) is 72.5 Å². The van der Waals surface area contributed by atoms with Gasteiger partial charge in [0.25, 0.3) is 22.6 Å². The van der Waals surface area contributed by atoms with E-state index in [1.165, 1.54) is 62.9 Å². The fraction of sp³-hybridized carbons (Fsp3) is 0.369. The Morgan fingerprint density at radius 1 is 0.408 bits per heavy atom. The predicted octanol–water partition coefficient (Wildman–Crippen LogP) is 20.5. The molecule has 3 N–H and O–H groups in total. The molecule has 4 amide bonds. The third-order valence-electron chi connectivity index (χ3n) is 29.8. The number of amides is 4. The van der Waals surface area contributed by atoms with E-state index in [9.17, 15) is 19.2 Å². The summed E-state index contributed by atoms with van der Waals surface area (Å²) in [5.41, 5.74) is 14.2. The van der Waals surface area contributed by atoms with Crippen molar-refractivity contribution < 1.29 is 37.1 Å². The summed E-state index contributed by atoms with van der Waals surface area (Å²) in [4.78, 5) is 161. The third-order valence-corrected chi connectivity index (χ3v) is 30.7. The molecule has 6 unspecified atom stereocenters. The van der Waals surface area contributed by atoms with E-state index >= 15 is 27.6 Å². The second-order valence-electron chi connectivity index (χ2n) is 41.0. The highest BCUT2D eigenvalue weighted by atomic mass is 35.5. The second kappa shape index (κ2) is 39.1. The Hall–Kier alpha value is -14.4. The lowest BCUT2D eigenvalue weighted by Gasteiger charge is -2.50. The van der Waals surface area contributed by atoms with Crippen LogP contribution in [0.5, 0.6) is 5.75 Å². The fourth-order valence-corrected chi connectivity index (χ4v) is 23.6. The van der Waals surface area contributed by atoms with Crippen molar-refractivity contribution in [1.29, 1.82) is 0 Å². The topological polar surface area (TPSA) is 330 Å². The average Bonchev–Trinajstić information content (AvgIpc) is 1.36. The van der Waals surface area contributed by atoms with Crippen molar-refractivity contribution in [1.82, 2.24) is 88.2 Å². The quantitative estimate of drug-likeness (QED) is 0.0803. The number of aryl methyl sites for hydroxylation is 3. The number of hydrogen-bond acceptors (Lipinski definition) is 20. The van der Waals surface area contributed by atoms with Crippen molar-refractivity contribution in [3.63, 3.8) is 0 Å². The summed E-state index contributed by atoms with van der Waals surface area (Å²) in [5, 5.41) is 1.80. The number of rotatable bonds is 15. The number of nitrogens with zero attached hydrogens (tertiary/aromatic N) is 19. The van der Waals surface area contributed by atoms with E-state index in [-0.39, 0.29) is 174 Å². The first-order valence-electron chi connectivity index (χ1n) is 49.8. The van der Waals surface area contributed by atoms with Crippen LogP contribution in [0.25, 0.3) is 116 Å². The molecule has 6 aliphatic rings. The average molecular weight is 2050 g/mol. The van der Waals surface area contributed by atoms with Crippen molar-refractivity contribution in [2.45, 2.75) is 216 Å². The van der Waals surface area contributed by atoms with Gasteiger partial charge in [0.1, 0.15) is 30.7 Å². The number of carbonyl (C=O) groups excluding carboxylic acids is 4. The van der Waals surface area contributed by atoms with Crippen LogP contribution >= 0.6 is 34.8 Å². The molecule has 21 rings (SSSR count). The zero-order valence-electron chi connectivity index (χ0n) is 85.5. The summed E-state index contributed by atoms with van der Waals surface area (Å²) < 4.78 is 64.5. The van der Waals surface area contributed by atoms with Gasteiger partial charge in [-0.3, -0.25) is 47.3 Å². The zero-order valence-corrected chi connectivity index (χ0v) is 87.8. The number of carbonyl (C=O) groups is 4. The molecule has 760 valence electrons. The van der Waals surface area contributed by atoms with Crippen molar-refractivity contribution in [2.24, 2.45) is 0 Å². The van der Waals surface area contributed by atoms with Crippen LogP contribution in [0.1, 0.15) is 209 Å². The largest absolute Gasteiger partial charge is 0.486 e. The van der Waals surface area contributed by atoms with E-state index < -0.39 is 34.6 Å². The number of imidazole rings is 3. The number of nitrogens with one attached hydrogen (secondary N) is 3. The van der Waals surface area contributed by atoms with Gasteiger partial charge in [-0.05, 0) is 161 Å². The van der Waals surface area contributed by atoms with Crippen LogP contribution in [0, 0.1) is 38.2 Å². The number of halogens is 6. The van der Waals surface area contributed by atoms with Gasteiger partial charge in [0, 0.05) is 125 Å². The standard InChI is InChI=1S/C37H38ClFN8O3.C37H39ClFN7O3.C37H39ClFN7O2/c1-9-25(48)45-14-24-36(49)44(8)35-33(46(24)13-20(45)7)21-12-22(38)27(26-19(6)10-11-23-31(26)43-15-40-23)28(39)32(21)47(37(35)50)34-29(17(2)3)41-16-42-30(34)18(4)5;1-8-26(47)44-15-22-11-12-49-36-34(45(22)14-21(44)7)23-13-24(38)28(27-20(6)9-10-25-32(27)43-16-40-25)29(39)33(23)46(37(36)48)35-30(18(2)3)41-17-42-31(35)19(4)5;1-8-27(47)44-15-22-10-11-23-34(45(22)14-21(44)7)24-13-25(38)29(28-20(6)9-12-26-33(28)43-16-40-26)30(39)35(24)46(37(23)48)36-31(18(2)3)41-17-42-32(36)19(4)5/h9-12,15-18,20,24H,1,13-14H2,2-8H3,(H,40,43);8-10,13,16-19,21-22H,1,11-12,14-15H2,2-7H3,(H,40,43);8-9,12-13,16-19,21-22H,1,10-11,14-15H2,2-7H3,(H,40,43). The van der Waals surface area contributed by atoms with E-state index in [4.69, 9.17) is 39.5 Å². The van der Waals surface area contributed by atoms with Crippen molar-refractivity contribution in [3.8, 4) is 56.2 Å². The number of fused-ring (bicyclic) bond motifs is 18. The van der Waals surface area contributed by atoms with E-state index in [1.54, 1.807) is 47.0 Å². The minimum atomic E-state index is -0.829. The molecule has 0 saturated carbocycles. The van der Waals surface area contributed by atoms with E-state index in [0.29, 0.717) is 174 Å². The molecule has 6 aromatic carbocycles. The van der Waals surface area contributed by atoms with Gasteiger partial charge in [-0.15, -0.1) is 0 Å². The first-order valence-corrected chi connectivity index (χ1v) is 50.9. The molecule has 3 fully saturated rings. The first kappa shape index (κ1) is 101. The summed E-state index contributed by atoms with van der Waals surface area (Å²) in [6.45, 7) is 48.5. The molecule has 6 aliphatic heterocycles. The molecule has 15 heterocycles. The lowest BCUT2D eigenvalue weighted by atomic mass is 9.89. The number of ether oxygens (including phenoxy) is 1. The van der Waals surface area contributed by atoms with E-state index in [0.717, 1.165) is 27.7 Å². The molecule has 0 bridgehead atoms. The Morgan fingerprint density at radius 2 is 0.735 bits per heavy atom. The summed E-state index contributed by atoms with van der Waals surface area (Å²) >= 11 is 21.4. The molecule has 9 aromatic heterocycles. The summed E-state index contributed by atoms with van der Waals surface area (Å²) in [6, 6.07) is 14.7. The van der Waals surface area contributed by atoms with Gasteiger partial charge in [0.15, 0.2) is 17.5 Å². The number of pyridine rings is 3. The molecular formula is C111H116Cl3F3N22O8. The third kappa shape index (κ3) is 16.5. The highest BCUT2D eigenvalue weighted by Gasteiger charge is 2.49. The number of aromatic nitrogens is 15. The molecule has 36 heteroatoms. The van der Waals surface area contributed by atoms with Crippen LogP contribution in [-0.4, -0.2) is 201 Å². The maximum Gasteiger partial charge on any atom is 0.300 e. The lowest BCUT2D eigenvalue weighted by Crippen LogP contribution is -2.66. The van der Waals surface area contributed by atoms with Crippen LogP contribution in [-0.2, 0) is 25.6 Å². The first-order chi connectivity index (χ1) is 70.2. The molecule has 6 atom stereocenters. The Kier molecular flexibility index (Phi) is 26.9. The minimum absolute atomic E-state index is 0.0163.